The molecule has 1 atom stereocenters. The molecule has 1 unspecified atom stereocenters. The van der Waals surface area contributed by atoms with Crippen LogP contribution in [0.1, 0.15) is 29.7 Å². The summed E-state index contributed by atoms with van der Waals surface area (Å²) < 4.78 is 5.59. The Kier molecular flexibility index (Phi) is 4.79. The van der Waals surface area contributed by atoms with Gasteiger partial charge >= 0.3 is 0 Å². The molecule has 0 aliphatic heterocycles. The van der Waals surface area contributed by atoms with Gasteiger partial charge in [-0.05, 0) is 35.6 Å². The highest BCUT2D eigenvalue weighted by Crippen LogP contribution is 2.28. The second kappa shape index (κ2) is 6.57. The summed E-state index contributed by atoms with van der Waals surface area (Å²) in [6.07, 6.45) is 1.03. The molecule has 0 radical (unpaired) electrons. The highest BCUT2D eigenvalue weighted by Gasteiger charge is 2.13. The molecule has 0 amide bonds. The maximum atomic E-state index is 5.89. The number of rotatable bonds is 6. The van der Waals surface area contributed by atoms with Gasteiger partial charge in [-0.25, -0.2) is 0 Å². The van der Waals surface area contributed by atoms with Crippen molar-refractivity contribution in [3.8, 4) is 5.75 Å². The van der Waals surface area contributed by atoms with Crippen molar-refractivity contribution >= 4 is 11.3 Å². The molecule has 0 spiro atoms. The fourth-order valence-corrected chi connectivity index (χ4v) is 2.79. The summed E-state index contributed by atoms with van der Waals surface area (Å²) in [5.74, 6) is 1.23. The number of ether oxygens (including phenoxy) is 1. The van der Waals surface area contributed by atoms with Crippen LogP contribution in [0.2, 0.25) is 0 Å². The first-order chi connectivity index (χ1) is 8.85. The molecule has 2 aromatic rings. The van der Waals surface area contributed by atoms with Gasteiger partial charge in [0.1, 0.15) is 5.75 Å². The van der Waals surface area contributed by atoms with Crippen LogP contribution in [0.15, 0.2) is 41.8 Å². The minimum atomic E-state index is 0.297. The molecule has 2 nitrogen and oxygen atoms in total. The number of nitrogens with two attached hydrogens (primary N) is 1. The van der Waals surface area contributed by atoms with Crippen LogP contribution in [0.25, 0.3) is 0 Å². The fourth-order valence-electron chi connectivity index (χ4n) is 1.92. The number of hydrogen-bond donors (Lipinski definition) is 1. The van der Waals surface area contributed by atoms with Crippen LogP contribution in [0, 0.1) is 0 Å². The first-order valence-electron chi connectivity index (χ1n) is 6.31. The summed E-state index contributed by atoms with van der Waals surface area (Å²) in [6.45, 7) is 3.51. The third-order valence-electron chi connectivity index (χ3n) is 2.88. The second-order valence-electron chi connectivity index (χ2n) is 4.22. The monoisotopic (exact) mass is 261 g/mol. The summed E-state index contributed by atoms with van der Waals surface area (Å²) in [7, 11) is 0. The summed E-state index contributed by atoms with van der Waals surface area (Å²) >= 11 is 1.76. The Hall–Kier alpha value is -1.32. The minimum absolute atomic E-state index is 0.297. The van der Waals surface area contributed by atoms with Crippen LogP contribution in [0.5, 0.6) is 5.75 Å². The molecule has 96 valence electrons. The normalized spacial score (nSPS) is 12.3. The van der Waals surface area contributed by atoms with Crippen LogP contribution >= 0.6 is 11.3 Å². The highest BCUT2D eigenvalue weighted by molar-refractivity contribution is 7.10. The molecule has 0 saturated heterocycles. The predicted octanol–water partition coefficient (Wildman–Crippen LogP) is 3.63. The Balaban J connectivity index is 2.12. The van der Waals surface area contributed by atoms with Gasteiger partial charge in [0.2, 0.25) is 0 Å². The van der Waals surface area contributed by atoms with Crippen molar-refractivity contribution in [2.45, 2.75) is 19.3 Å². The van der Waals surface area contributed by atoms with Gasteiger partial charge in [0.15, 0.2) is 0 Å². The zero-order valence-electron chi connectivity index (χ0n) is 10.6. The molecule has 3 heteroatoms. The number of hydrogen-bond acceptors (Lipinski definition) is 3. The lowest BCUT2D eigenvalue weighted by Crippen LogP contribution is -2.12. The van der Waals surface area contributed by atoms with Crippen molar-refractivity contribution in [3.63, 3.8) is 0 Å². The van der Waals surface area contributed by atoms with Crippen molar-refractivity contribution < 1.29 is 4.74 Å². The Morgan fingerprint density at radius 2 is 2.00 bits per heavy atom. The average molecular weight is 261 g/mol. The molecular formula is C15H19NOS. The first-order valence-corrected chi connectivity index (χ1v) is 7.19. The molecule has 1 aromatic heterocycles. The highest BCUT2D eigenvalue weighted by atomic mass is 32.1. The molecule has 0 aliphatic rings. The lowest BCUT2D eigenvalue weighted by atomic mass is 9.97. The SMILES string of the molecule is CCCOc1ccc(C(CN)c2cccs2)cc1. The van der Waals surface area contributed by atoms with Gasteiger partial charge in [0.25, 0.3) is 0 Å². The first kappa shape index (κ1) is 13.1. The van der Waals surface area contributed by atoms with Crippen LogP contribution in [0.3, 0.4) is 0 Å². The van der Waals surface area contributed by atoms with E-state index < -0.39 is 0 Å². The maximum Gasteiger partial charge on any atom is 0.119 e. The van der Waals surface area contributed by atoms with E-state index in [9.17, 15) is 0 Å². The summed E-state index contributed by atoms with van der Waals surface area (Å²) in [6, 6.07) is 12.5. The third-order valence-corrected chi connectivity index (χ3v) is 3.86. The largest absolute Gasteiger partial charge is 0.494 e. The van der Waals surface area contributed by atoms with E-state index in [4.69, 9.17) is 10.5 Å². The van der Waals surface area contributed by atoms with Gasteiger partial charge in [-0.2, -0.15) is 0 Å². The van der Waals surface area contributed by atoms with Crippen LogP contribution in [-0.4, -0.2) is 13.2 Å². The van der Waals surface area contributed by atoms with Crippen LogP contribution < -0.4 is 10.5 Å². The van der Waals surface area contributed by atoms with Gasteiger partial charge in [-0.3, -0.25) is 0 Å². The predicted molar refractivity (Wildman–Crippen MR) is 77.4 cm³/mol. The van der Waals surface area contributed by atoms with Crippen LogP contribution in [-0.2, 0) is 0 Å². The molecule has 18 heavy (non-hydrogen) atoms. The standard InChI is InChI=1S/C15H19NOS/c1-2-9-17-13-7-5-12(6-8-13)14(11-16)15-4-3-10-18-15/h3-8,10,14H,2,9,11,16H2,1H3. The average Bonchev–Trinajstić information content (AvgIpc) is 2.93. The molecule has 2 N–H and O–H groups in total. The van der Waals surface area contributed by atoms with Gasteiger partial charge in [0, 0.05) is 17.3 Å². The van der Waals surface area contributed by atoms with E-state index in [0.717, 1.165) is 18.8 Å². The number of thiophene rings is 1. The van der Waals surface area contributed by atoms with Gasteiger partial charge in [-0.1, -0.05) is 25.1 Å². The van der Waals surface area contributed by atoms with Crippen molar-refractivity contribution in [1.29, 1.82) is 0 Å². The molecule has 1 aromatic carbocycles. The van der Waals surface area contributed by atoms with Gasteiger partial charge in [0.05, 0.1) is 6.61 Å². The van der Waals surface area contributed by atoms with E-state index in [-0.39, 0.29) is 0 Å². The zero-order chi connectivity index (χ0) is 12.8. The Morgan fingerprint density at radius 1 is 1.22 bits per heavy atom. The Bertz CT molecular complexity index is 450. The van der Waals surface area contributed by atoms with Gasteiger partial charge in [-0.15, -0.1) is 11.3 Å². The molecule has 0 fully saturated rings. The third kappa shape index (κ3) is 3.12. The Morgan fingerprint density at radius 3 is 2.56 bits per heavy atom. The van der Waals surface area contributed by atoms with E-state index in [0.29, 0.717) is 12.5 Å². The van der Waals surface area contributed by atoms with E-state index >= 15 is 0 Å². The summed E-state index contributed by atoms with van der Waals surface area (Å²) in [5, 5.41) is 2.09. The zero-order valence-corrected chi connectivity index (χ0v) is 11.5. The van der Waals surface area contributed by atoms with Crippen molar-refractivity contribution in [2.24, 2.45) is 5.73 Å². The summed E-state index contributed by atoms with van der Waals surface area (Å²) in [5.41, 5.74) is 7.14. The lowest BCUT2D eigenvalue weighted by Gasteiger charge is -2.14. The fraction of sp³-hybridized carbons (Fsp3) is 0.333. The van der Waals surface area contributed by atoms with Crippen molar-refractivity contribution in [2.75, 3.05) is 13.2 Å². The molecule has 1 heterocycles. The molecule has 0 bridgehead atoms. The molecule has 2 rings (SSSR count). The van der Waals surface area contributed by atoms with E-state index in [2.05, 4.69) is 36.6 Å². The second-order valence-corrected chi connectivity index (χ2v) is 5.20. The van der Waals surface area contributed by atoms with E-state index in [1.54, 1.807) is 11.3 Å². The molecule has 0 saturated carbocycles. The van der Waals surface area contributed by atoms with Crippen molar-refractivity contribution in [1.82, 2.24) is 0 Å². The lowest BCUT2D eigenvalue weighted by molar-refractivity contribution is 0.317. The molecule has 0 aliphatic carbocycles. The summed E-state index contributed by atoms with van der Waals surface area (Å²) in [4.78, 5) is 1.32. The minimum Gasteiger partial charge on any atom is -0.494 e. The maximum absolute atomic E-state index is 5.89. The Labute approximate surface area is 112 Å². The topological polar surface area (TPSA) is 35.2 Å². The smallest absolute Gasteiger partial charge is 0.119 e. The number of benzene rings is 1. The molecular weight excluding hydrogens is 242 g/mol. The van der Waals surface area contributed by atoms with Gasteiger partial charge < -0.3 is 10.5 Å². The van der Waals surface area contributed by atoms with E-state index in [1.807, 2.05) is 12.1 Å². The quantitative estimate of drug-likeness (QED) is 0.862. The van der Waals surface area contributed by atoms with E-state index in [1.165, 1.54) is 10.4 Å². The van der Waals surface area contributed by atoms with Crippen LogP contribution in [0.4, 0.5) is 0 Å². The van der Waals surface area contributed by atoms with Crippen molar-refractivity contribution in [3.05, 3.63) is 52.2 Å².